The van der Waals surface area contributed by atoms with Crippen LogP contribution in [0.4, 0.5) is 0 Å². The van der Waals surface area contributed by atoms with Crippen molar-refractivity contribution >= 4 is 8.81 Å². The van der Waals surface area contributed by atoms with E-state index in [1.54, 1.807) is 7.11 Å². The lowest BCUT2D eigenvalue weighted by atomic mass is 10.3. The first-order valence-corrected chi connectivity index (χ1v) is 4.48. The molecule has 0 aromatic rings. The maximum absolute atomic E-state index is 5.30. The second kappa shape index (κ2) is 5.16. The molecule has 0 aliphatic heterocycles. The molecular weight excluding hydrogens is 135 g/mol. The maximum Gasteiger partial charge on any atom is 0.0844 e. The molecule has 0 aliphatic carbocycles. The lowest BCUT2D eigenvalue weighted by Crippen LogP contribution is -2.21. The summed E-state index contributed by atoms with van der Waals surface area (Å²) < 4.78 is 10.3. The Morgan fingerprint density at radius 3 is 2.11 bits per heavy atom. The van der Waals surface area contributed by atoms with Crippen LogP contribution in [-0.2, 0) is 9.26 Å². The van der Waals surface area contributed by atoms with Gasteiger partial charge in [0.1, 0.15) is 0 Å². The second-order valence-electron chi connectivity index (χ2n) is 1.97. The topological polar surface area (TPSA) is 18.5 Å². The van der Waals surface area contributed by atoms with Gasteiger partial charge in [-0.05, 0) is 20.5 Å². The Balaban J connectivity index is 3.32. The van der Waals surface area contributed by atoms with E-state index < -0.39 is 0 Å². The molecule has 3 atom stereocenters. The van der Waals surface area contributed by atoms with Gasteiger partial charge in [0.05, 0.1) is 12.2 Å². The van der Waals surface area contributed by atoms with E-state index in [-0.39, 0.29) is 12.2 Å². The Bertz CT molecular complexity index is 68.1. The van der Waals surface area contributed by atoms with Crippen molar-refractivity contribution in [2.75, 3.05) is 13.8 Å². The standard InChI is InChI=1S/C6H15O2P/c1-5(7-3)6(2)8-9-4/h5-6,9H,1-4H3. The highest BCUT2D eigenvalue weighted by molar-refractivity contribution is 7.31. The number of hydrogen-bond donors (Lipinski definition) is 0. The Kier molecular flexibility index (Phi) is 5.36. The van der Waals surface area contributed by atoms with Crippen molar-refractivity contribution in [1.82, 2.24) is 0 Å². The van der Waals surface area contributed by atoms with Gasteiger partial charge in [-0.3, -0.25) is 0 Å². The van der Waals surface area contributed by atoms with Gasteiger partial charge in [0.15, 0.2) is 0 Å². The summed E-state index contributed by atoms with van der Waals surface area (Å²) in [5, 5.41) is 0. The Morgan fingerprint density at radius 2 is 1.78 bits per heavy atom. The van der Waals surface area contributed by atoms with E-state index in [1.165, 1.54) is 0 Å². The SMILES string of the molecule is COC(C)C(C)OPC. The summed E-state index contributed by atoms with van der Waals surface area (Å²) in [6, 6.07) is 0. The molecule has 0 aliphatic rings. The van der Waals surface area contributed by atoms with Crippen LogP contribution in [-0.4, -0.2) is 26.0 Å². The maximum atomic E-state index is 5.30. The molecule has 0 rings (SSSR count). The van der Waals surface area contributed by atoms with Crippen LogP contribution in [0.1, 0.15) is 13.8 Å². The van der Waals surface area contributed by atoms with Crippen molar-refractivity contribution in [3.8, 4) is 0 Å². The Hall–Kier alpha value is 0.350. The van der Waals surface area contributed by atoms with Crippen LogP contribution >= 0.6 is 8.81 Å². The summed E-state index contributed by atoms with van der Waals surface area (Å²) in [5.41, 5.74) is 0. The molecule has 0 amide bonds. The summed E-state index contributed by atoms with van der Waals surface area (Å²) in [7, 11) is 2.25. The molecule has 3 unspecified atom stereocenters. The summed E-state index contributed by atoms with van der Waals surface area (Å²) in [5.74, 6) is 0. The van der Waals surface area contributed by atoms with Gasteiger partial charge >= 0.3 is 0 Å². The first kappa shape index (κ1) is 9.35. The van der Waals surface area contributed by atoms with Crippen molar-refractivity contribution in [1.29, 1.82) is 0 Å². The van der Waals surface area contributed by atoms with Gasteiger partial charge in [-0.15, -0.1) is 0 Å². The second-order valence-corrected chi connectivity index (χ2v) is 2.61. The molecule has 0 aromatic heterocycles. The van der Waals surface area contributed by atoms with Crippen LogP contribution in [0.5, 0.6) is 0 Å². The molecular formula is C6H15O2P. The summed E-state index contributed by atoms with van der Waals surface area (Å²) in [4.78, 5) is 0. The minimum absolute atomic E-state index is 0.206. The van der Waals surface area contributed by atoms with E-state index in [4.69, 9.17) is 9.26 Å². The molecule has 0 N–H and O–H groups in total. The highest BCUT2D eigenvalue weighted by Gasteiger charge is 2.09. The van der Waals surface area contributed by atoms with Crippen LogP contribution < -0.4 is 0 Å². The molecule has 0 spiro atoms. The number of methoxy groups -OCH3 is 1. The van der Waals surface area contributed by atoms with Gasteiger partial charge in [-0.25, -0.2) is 0 Å². The van der Waals surface area contributed by atoms with Gasteiger partial charge in [0.2, 0.25) is 0 Å². The third kappa shape index (κ3) is 3.85. The van der Waals surface area contributed by atoms with Gasteiger partial charge in [-0.2, -0.15) is 0 Å². The van der Waals surface area contributed by atoms with Gasteiger partial charge in [0.25, 0.3) is 0 Å². The number of hydrogen-bond acceptors (Lipinski definition) is 2. The van der Waals surface area contributed by atoms with Crippen LogP contribution in [0.25, 0.3) is 0 Å². The first-order chi connectivity index (χ1) is 4.22. The van der Waals surface area contributed by atoms with Crippen molar-refractivity contribution in [3.63, 3.8) is 0 Å². The first-order valence-electron chi connectivity index (χ1n) is 3.07. The Morgan fingerprint density at radius 1 is 1.22 bits per heavy atom. The average molecular weight is 150 g/mol. The zero-order valence-corrected chi connectivity index (χ0v) is 7.47. The highest BCUT2D eigenvalue weighted by Crippen LogP contribution is 2.12. The molecule has 9 heavy (non-hydrogen) atoms. The van der Waals surface area contributed by atoms with Crippen LogP contribution in [0.3, 0.4) is 0 Å². The molecule has 0 radical (unpaired) electrons. The van der Waals surface area contributed by atoms with E-state index in [9.17, 15) is 0 Å². The highest BCUT2D eigenvalue weighted by atomic mass is 31.1. The van der Waals surface area contributed by atoms with Crippen molar-refractivity contribution in [2.45, 2.75) is 26.1 Å². The third-order valence-electron chi connectivity index (χ3n) is 1.34. The predicted molar refractivity (Wildman–Crippen MR) is 41.3 cm³/mol. The van der Waals surface area contributed by atoms with E-state index in [0.29, 0.717) is 8.81 Å². The third-order valence-corrected chi connectivity index (χ3v) is 1.94. The minimum atomic E-state index is 0.206. The lowest BCUT2D eigenvalue weighted by molar-refractivity contribution is 0.0309. The van der Waals surface area contributed by atoms with Crippen LogP contribution in [0.15, 0.2) is 0 Å². The Labute approximate surface area is 58.8 Å². The van der Waals surface area contributed by atoms with Crippen LogP contribution in [0.2, 0.25) is 0 Å². The fraction of sp³-hybridized carbons (Fsp3) is 1.00. The van der Waals surface area contributed by atoms with E-state index in [0.717, 1.165) is 0 Å². The molecule has 0 bridgehead atoms. The molecule has 56 valence electrons. The average Bonchev–Trinajstić information content (AvgIpc) is 1.87. The fourth-order valence-corrected chi connectivity index (χ4v) is 1.04. The van der Waals surface area contributed by atoms with E-state index >= 15 is 0 Å². The molecule has 3 heteroatoms. The molecule has 2 nitrogen and oxygen atoms in total. The molecule has 0 saturated heterocycles. The monoisotopic (exact) mass is 150 g/mol. The molecule has 0 aromatic carbocycles. The van der Waals surface area contributed by atoms with Gasteiger partial charge < -0.3 is 9.26 Å². The van der Waals surface area contributed by atoms with Gasteiger partial charge in [-0.1, -0.05) is 0 Å². The van der Waals surface area contributed by atoms with E-state index in [2.05, 4.69) is 0 Å². The normalized spacial score (nSPS) is 18.7. The number of ether oxygens (including phenoxy) is 1. The minimum Gasteiger partial charge on any atom is -0.379 e. The molecule has 0 fully saturated rings. The van der Waals surface area contributed by atoms with Gasteiger partial charge in [0, 0.05) is 15.9 Å². The zero-order chi connectivity index (χ0) is 7.28. The predicted octanol–water partition coefficient (Wildman–Crippen LogP) is 1.65. The smallest absolute Gasteiger partial charge is 0.0844 e. The zero-order valence-electron chi connectivity index (χ0n) is 6.47. The molecule has 0 saturated carbocycles. The largest absolute Gasteiger partial charge is 0.379 e. The summed E-state index contributed by atoms with van der Waals surface area (Å²) >= 11 is 0. The number of rotatable bonds is 4. The van der Waals surface area contributed by atoms with Crippen molar-refractivity contribution < 1.29 is 9.26 Å². The van der Waals surface area contributed by atoms with Crippen molar-refractivity contribution in [2.24, 2.45) is 0 Å². The summed E-state index contributed by atoms with van der Waals surface area (Å²) in [6.45, 7) is 6.04. The summed E-state index contributed by atoms with van der Waals surface area (Å²) in [6.07, 6.45) is 0.427. The van der Waals surface area contributed by atoms with Crippen molar-refractivity contribution in [3.05, 3.63) is 0 Å². The fourth-order valence-electron chi connectivity index (χ4n) is 0.473. The molecule has 0 heterocycles. The van der Waals surface area contributed by atoms with Crippen LogP contribution in [0, 0.1) is 0 Å². The van der Waals surface area contributed by atoms with E-state index in [1.807, 2.05) is 20.5 Å². The lowest BCUT2D eigenvalue weighted by Gasteiger charge is -2.17. The quantitative estimate of drug-likeness (QED) is 0.567.